The highest BCUT2D eigenvalue weighted by molar-refractivity contribution is 9.10. The number of carbonyl (C=O) groups is 1. The Balaban J connectivity index is 2.25. The van der Waals surface area contributed by atoms with Crippen LogP contribution in [0.1, 0.15) is 17.3 Å². The molecule has 0 atom stereocenters. The number of pyridine rings is 1. The van der Waals surface area contributed by atoms with Gasteiger partial charge in [0, 0.05) is 40.8 Å². The fraction of sp³-hybridized carbons (Fsp3) is 0.222. The molecular formula is C18H18BrN3O5S. The number of amides is 1. The fourth-order valence-corrected chi connectivity index (χ4v) is 3.87. The molecule has 0 aliphatic carbocycles. The van der Waals surface area contributed by atoms with Gasteiger partial charge in [0.05, 0.1) is 24.1 Å². The Morgan fingerprint density at radius 2 is 2.07 bits per heavy atom. The molecule has 2 N–H and O–H groups in total. The van der Waals surface area contributed by atoms with E-state index in [-0.39, 0.29) is 11.7 Å². The SMILES string of the molecule is CCS(=O)(=O)Nc1cc2oc(-c3ccnc(OC)c3)c(C(=O)NC)c2cc1Br. The number of nitrogens with one attached hydrogen (secondary N) is 2. The van der Waals surface area contributed by atoms with Crippen LogP contribution in [0, 0.1) is 0 Å². The van der Waals surface area contributed by atoms with Crippen LogP contribution in [0.15, 0.2) is 39.4 Å². The second-order valence-corrected chi connectivity index (χ2v) is 8.67. The van der Waals surface area contributed by atoms with Crippen LogP contribution in [0.5, 0.6) is 5.88 Å². The van der Waals surface area contributed by atoms with Gasteiger partial charge in [0.15, 0.2) is 0 Å². The number of nitrogens with zero attached hydrogens (tertiary/aromatic N) is 1. The van der Waals surface area contributed by atoms with E-state index >= 15 is 0 Å². The summed E-state index contributed by atoms with van der Waals surface area (Å²) in [5, 5.41) is 3.15. The number of methoxy groups -OCH3 is 1. The first-order valence-corrected chi connectivity index (χ1v) is 10.7. The molecule has 0 spiro atoms. The number of sulfonamides is 1. The van der Waals surface area contributed by atoms with Gasteiger partial charge in [-0.25, -0.2) is 13.4 Å². The summed E-state index contributed by atoms with van der Waals surface area (Å²) in [7, 11) is -0.457. The lowest BCUT2D eigenvalue weighted by molar-refractivity contribution is 0.0964. The van der Waals surface area contributed by atoms with Gasteiger partial charge in [-0.2, -0.15) is 0 Å². The average molecular weight is 468 g/mol. The molecule has 0 saturated heterocycles. The highest BCUT2D eigenvalue weighted by atomic mass is 79.9. The number of aromatic nitrogens is 1. The average Bonchev–Trinajstić information content (AvgIpc) is 3.05. The molecule has 1 aromatic carbocycles. The summed E-state index contributed by atoms with van der Waals surface area (Å²) < 4.78 is 37.9. The predicted octanol–water partition coefficient (Wildman–Crippen LogP) is 3.39. The van der Waals surface area contributed by atoms with E-state index in [9.17, 15) is 13.2 Å². The molecule has 0 bridgehead atoms. The number of hydrogen-bond donors (Lipinski definition) is 2. The zero-order valence-electron chi connectivity index (χ0n) is 15.4. The van der Waals surface area contributed by atoms with Crippen LogP contribution in [0.25, 0.3) is 22.3 Å². The summed E-state index contributed by atoms with van der Waals surface area (Å²) in [4.78, 5) is 16.6. The molecule has 0 radical (unpaired) electrons. The lowest BCUT2D eigenvalue weighted by Gasteiger charge is -2.08. The van der Waals surface area contributed by atoms with E-state index in [4.69, 9.17) is 9.15 Å². The topological polar surface area (TPSA) is 111 Å². The Labute approximate surface area is 170 Å². The van der Waals surface area contributed by atoms with Crippen molar-refractivity contribution >= 4 is 48.5 Å². The lowest BCUT2D eigenvalue weighted by Crippen LogP contribution is -2.18. The third-order valence-corrected chi connectivity index (χ3v) is 6.03. The smallest absolute Gasteiger partial charge is 0.255 e. The Morgan fingerprint density at radius 1 is 1.32 bits per heavy atom. The molecule has 3 aromatic rings. The van der Waals surface area contributed by atoms with E-state index in [1.165, 1.54) is 14.2 Å². The maximum absolute atomic E-state index is 12.6. The van der Waals surface area contributed by atoms with Gasteiger partial charge in [0.25, 0.3) is 5.91 Å². The molecule has 2 heterocycles. The molecule has 1 amide bonds. The minimum absolute atomic E-state index is 0.0683. The number of carbonyl (C=O) groups excluding carboxylic acids is 1. The van der Waals surface area contributed by atoms with E-state index in [2.05, 4.69) is 31.0 Å². The number of halogens is 1. The van der Waals surface area contributed by atoms with E-state index < -0.39 is 10.0 Å². The van der Waals surface area contributed by atoms with Crippen molar-refractivity contribution in [2.24, 2.45) is 0 Å². The first-order valence-electron chi connectivity index (χ1n) is 8.28. The minimum Gasteiger partial charge on any atom is -0.481 e. The van der Waals surface area contributed by atoms with Crippen LogP contribution in [0.2, 0.25) is 0 Å². The maximum Gasteiger partial charge on any atom is 0.255 e. The standard InChI is InChI=1S/C18H18BrN3O5S/c1-4-28(24,25)22-13-9-14-11(8-12(13)19)16(18(23)20-2)17(27-14)10-5-6-21-15(7-10)26-3/h5-9,22H,4H2,1-3H3,(H,20,23). The summed E-state index contributed by atoms with van der Waals surface area (Å²) in [6.07, 6.45) is 1.55. The monoisotopic (exact) mass is 467 g/mol. The second-order valence-electron chi connectivity index (χ2n) is 5.81. The van der Waals surface area contributed by atoms with Gasteiger partial charge >= 0.3 is 0 Å². The molecule has 28 heavy (non-hydrogen) atoms. The van der Waals surface area contributed by atoms with Crippen molar-refractivity contribution in [1.29, 1.82) is 0 Å². The molecule has 0 aliphatic heterocycles. The summed E-state index contributed by atoms with van der Waals surface area (Å²) in [5.74, 6) is 0.301. The van der Waals surface area contributed by atoms with Crippen molar-refractivity contribution in [3.8, 4) is 17.2 Å². The fourth-order valence-electron chi connectivity index (χ4n) is 2.65. The minimum atomic E-state index is -3.47. The van der Waals surface area contributed by atoms with Crippen molar-refractivity contribution in [2.75, 3.05) is 24.6 Å². The quantitative estimate of drug-likeness (QED) is 0.574. The molecule has 2 aromatic heterocycles. The van der Waals surface area contributed by atoms with Gasteiger partial charge in [0.1, 0.15) is 11.3 Å². The summed E-state index contributed by atoms with van der Waals surface area (Å²) in [6.45, 7) is 1.54. The second kappa shape index (κ2) is 7.80. The van der Waals surface area contributed by atoms with Crippen molar-refractivity contribution in [3.63, 3.8) is 0 Å². The van der Waals surface area contributed by atoms with E-state index in [1.807, 2.05) is 0 Å². The van der Waals surface area contributed by atoms with Crippen LogP contribution < -0.4 is 14.8 Å². The highest BCUT2D eigenvalue weighted by Gasteiger charge is 2.23. The number of benzene rings is 1. The van der Waals surface area contributed by atoms with Gasteiger partial charge in [-0.3, -0.25) is 9.52 Å². The predicted molar refractivity (Wildman–Crippen MR) is 110 cm³/mol. The number of ether oxygens (including phenoxy) is 1. The third kappa shape index (κ3) is 3.83. The van der Waals surface area contributed by atoms with E-state index in [0.29, 0.717) is 43.9 Å². The summed E-state index contributed by atoms with van der Waals surface area (Å²) in [6, 6.07) is 6.54. The molecule has 0 fully saturated rings. The van der Waals surface area contributed by atoms with Crippen LogP contribution in [0.4, 0.5) is 5.69 Å². The first-order chi connectivity index (χ1) is 13.3. The molecule has 10 heteroatoms. The molecule has 148 valence electrons. The number of anilines is 1. The Hall–Kier alpha value is -2.59. The molecule has 3 rings (SSSR count). The molecule has 0 unspecified atom stereocenters. The Bertz CT molecular complexity index is 1160. The van der Waals surface area contributed by atoms with Gasteiger partial charge in [-0.15, -0.1) is 0 Å². The zero-order valence-corrected chi connectivity index (χ0v) is 17.8. The van der Waals surface area contributed by atoms with Crippen molar-refractivity contribution in [3.05, 3.63) is 40.5 Å². The van der Waals surface area contributed by atoms with Gasteiger partial charge in [-0.05, 0) is 35.0 Å². The van der Waals surface area contributed by atoms with Crippen LogP contribution >= 0.6 is 15.9 Å². The zero-order chi connectivity index (χ0) is 20.5. The van der Waals surface area contributed by atoms with Crippen molar-refractivity contribution in [1.82, 2.24) is 10.3 Å². The number of hydrogen-bond acceptors (Lipinski definition) is 6. The van der Waals surface area contributed by atoms with Crippen molar-refractivity contribution in [2.45, 2.75) is 6.92 Å². The largest absolute Gasteiger partial charge is 0.481 e. The summed E-state index contributed by atoms with van der Waals surface area (Å²) in [5.41, 5.74) is 1.62. The van der Waals surface area contributed by atoms with Gasteiger partial charge in [0.2, 0.25) is 15.9 Å². The third-order valence-electron chi connectivity index (χ3n) is 4.08. The maximum atomic E-state index is 12.6. The molecular weight excluding hydrogens is 450 g/mol. The Kier molecular flexibility index (Phi) is 5.61. The van der Waals surface area contributed by atoms with E-state index in [1.54, 1.807) is 37.4 Å². The van der Waals surface area contributed by atoms with Gasteiger partial charge < -0.3 is 14.5 Å². The molecule has 0 saturated carbocycles. The van der Waals surface area contributed by atoms with Crippen molar-refractivity contribution < 1.29 is 22.4 Å². The number of fused-ring (bicyclic) bond motifs is 1. The number of furan rings is 1. The Morgan fingerprint density at radius 3 is 2.71 bits per heavy atom. The van der Waals surface area contributed by atoms with Crippen LogP contribution in [0.3, 0.4) is 0 Å². The van der Waals surface area contributed by atoms with E-state index in [0.717, 1.165) is 0 Å². The summed E-state index contributed by atoms with van der Waals surface area (Å²) >= 11 is 3.36. The van der Waals surface area contributed by atoms with Crippen LogP contribution in [-0.2, 0) is 10.0 Å². The lowest BCUT2D eigenvalue weighted by atomic mass is 10.1. The molecule has 0 aliphatic rings. The first kappa shape index (κ1) is 20.2. The van der Waals surface area contributed by atoms with Gasteiger partial charge in [-0.1, -0.05) is 0 Å². The molecule has 8 nitrogen and oxygen atoms in total. The highest BCUT2D eigenvalue weighted by Crippen LogP contribution is 2.38. The normalized spacial score (nSPS) is 11.4. The number of rotatable bonds is 6. The van der Waals surface area contributed by atoms with Crippen LogP contribution in [-0.4, -0.2) is 39.2 Å².